The number of amides is 1. The van der Waals surface area contributed by atoms with E-state index in [0.29, 0.717) is 10.2 Å². The second-order valence-electron chi connectivity index (χ2n) is 3.75. The molecule has 0 radical (unpaired) electrons. The normalized spacial score (nSPS) is 10.9. The first kappa shape index (κ1) is 14.0. The molecule has 1 N–H and O–H groups in total. The van der Waals surface area contributed by atoms with Crippen LogP contribution >= 0.6 is 31.9 Å². The fourth-order valence-corrected chi connectivity index (χ4v) is 2.20. The zero-order valence-corrected chi connectivity index (χ0v) is 13.1. The average molecular weight is 386 g/mol. The third-order valence-corrected chi connectivity index (χ3v) is 3.36. The number of halogens is 2. The van der Waals surface area contributed by atoms with Crippen LogP contribution in [0, 0.1) is 0 Å². The summed E-state index contributed by atoms with van der Waals surface area (Å²) in [5.41, 5.74) is 3.62. The maximum absolute atomic E-state index is 11.8. The summed E-state index contributed by atoms with van der Waals surface area (Å²) in [6.07, 6.45) is 3.27. The highest BCUT2D eigenvalue weighted by Gasteiger charge is 2.13. The van der Waals surface area contributed by atoms with Gasteiger partial charge in [0.25, 0.3) is 5.91 Å². The zero-order valence-electron chi connectivity index (χ0n) is 9.97. The Morgan fingerprint density at radius 1 is 1.37 bits per heavy atom. The van der Waals surface area contributed by atoms with Crippen molar-refractivity contribution >= 4 is 44.0 Å². The predicted octanol–water partition coefficient (Wildman–Crippen LogP) is 2.71. The molecule has 1 heterocycles. The summed E-state index contributed by atoms with van der Waals surface area (Å²) in [5.74, 6) is -0.360. The van der Waals surface area contributed by atoms with Crippen molar-refractivity contribution in [2.45, 2.75) is 0 Å². The molecule has 2 aromatic rings. The monoisotopic (exact) mass is 384 g/mol. The molecule has 19 heavy (non-hydrogen) atoms. The highest BCUT2D eigenvalue weighted by molar-refractivity contribution is 9.10. The molecule has 1 aromatic heterocycles. The number of benzene rings is 1. The Morgan fingerprint density at radius 3 is 2.63 bits per heavy atom. The van der Waals surface area contributed by atoms with Crippen molar-refractivity contribution in [1.82, 2.24) is 15.2 Å². The van der Waals surface area contributed by atoms with Gasteiger partial charge in [-0.05, 0) is 33.6 Å². The van der Waals surface area contributed by atoms with Crippen LogP contribution in [0.25, 0.3) is 0 Å². The van der Waals surface area contributed by atoms with Crippen molar-refractivity contribution in [2.24, 2.45) is 12.1 Å². The topological polar surface area (TPSA) is 59.3 Å². The highest BCUT2D eigenvalue weighted by Crippen LogP contribution is 2.13. The van der Waals surface area contributed by atoms with Gasteiger partial charge in [-0.25, -0.2) is 5.43 Å². The molecule has 0 spiro atoms. The molecule has 0 bridgehead atoms. The molecule has 7 heteroatoms. The largest absolute Gasteiger partial charge is 0.293 e. The minimum Gasteiger partial charge on any atom is -0.274 e. The molecule has 0 atom stereocenters. The SMILES string of the molecule is Cn1cc(Br)c(C(=O)NN=Cc2ccc(Br)cc2)n1. The van der Waals surface area contributed by atoms with Crippen LogP contribution in [0.1, 0.15) is 16.1 Å². The first-order valence-electron chi connectivity index (χ1n) is 5.34. The number of aryl methyl sites for hydroxylation is 1. The molecule has 0 aliphatic carbocycles. The zero-order chi connectivity index (χ0) is 13.8. The Bertz CT molecular complexity index is 619. The lowest BCUT2D eigenvalue weighted by Crippen LogP contribution is -2.18. The van der Waals surface area contributed by atoms with Gasteiger partial charge >= 0.3 is 0 Å². The molecule has 98 valence electrons. The van der Waals surface area contributed by atoms with Crippen molar-refractivity contribution < 1.29 is 4.79 Å². The Balaban J connectivity index is 2.00. The second kappa shape index (κ2) is 6.12. The van der Waals surface area contributed by atoms with E-state index in [-0.39, 0.29) is 5.91 Å². The fourth-order valence-electron chi connectivity index (χ4n) is 1.38. The van der Waals surface area contributed by atoms with E-state index in [9.17, 15) is 4.79 Å². The fraction of sp³-hybridized carbons (Fsp3) is 0.0833. The lowest BCUT2D eigenvalue weighted by atomic mass is 10.2. The highest BCUT2D eigenvalue weighted by atomic mass is 79.9. The van der Waals surface area contributed by atoms with Crippen molar-refractivity contribution in [3.63, 3.8) is 0 Å². The van der Waals surface area contributed by atoms with Crippen LogP contribution in [0.15, 0.2) is 44.5 Å². The summed E-state index contributed by atoms with van der Waals surface area (Å²) in [5, 5.41) is 7.91. The van der Waals surface area contributed by atoms with Crippen LogP contribution in [-0.2, 0) is 7.05 Å². The van der Waals surface area contributed by atoms with Crippen molar-refractivity contribution in [3.8, 4) is 0 Å². The van der Waals surface area contributed by atoms with Gasteiger partial charge in [0.1, 0.15) is 0 Å². The van der Waals surface area contributed by atoms with Gasteiger partial charge in [-0.2, -0.15) is 10.2 Å². The number of carbonyl (C=O) groups excluding carboxylic acids is 1. The minimum absolute atomic E-state index is 0.301. The van der Waals surface area contributed by atoms with E-state index in [0.717, 1.165) is 10.0 Å². The number of aromatic nitrogens is 2. The number of hydrazone groups is 1. The standard InChI is InChI=1S/C12H10Br2N4O/c1-18-7-10(14)11(17-18)12(19)16-15-6-8-2-4-9(13)5-3-8/h2-7H,1H3,(H,16,19). The number of hydrogen-bond donors (Lipinski definition) is 1. The van der Waals surface area contributed by atoms with E-state index < -0.39 is 0 Å². The van der Waals surface area contributed by atoms with E-state index in [1.54, 1.807) is 24.1 Å². The van der Waals surface area contributed by atoms with Crippen LogP contribution < -0.4 is 5.43 Å². The Morgan fingerprint density at radius 2 is 2.05 bits per heavy atom. The average Bonchev–Trinajstić information content (AvgIpc) is 2.71. The number of carbonyl (C=O) groups is 1. The first-order chi connectivity index (χ1) is 9.06. The van der Waals surface area contributed by atoms with Crippen LogP contribution in [0.5, 0.6) is 0 Å². The third kappa shape index (κ3) is 3.74. The van der Waals surface area contributed by atoms with Gasteiger partial charge in [-0.15, -0.1) is 0 Å². The van der Waals surface area contributed by atoms with Gasteiger partial charge < -0.3 is 0 Å². The van der Waals surface area contributed by atoms with Crippen LogP contribution in [0.2, 0.25) is 0 Å². The van der Waals surface area contributed by atoms with Gasteiger partial charge in [0.05, 0.1) is 10.7 Å². The van der Waals surface area contributed by atoms with E-state index in [1.165, 1.54) is 0 Å². The summed E-state index contributed by atoms with van der Waals surface area (Å²) >= 11 is 6.61. The van der Waals surface area contributed by atoms with Gasteiger partial charge in [-0.1, -0.05) is 28.1 Å². The predicted molar refractivity (Wildman–Crippen MR) is 80.1 cm³/mol. The minimum atomic E-state index is -0.360. The Kier molecular flexibility index (Phi) is 4.49. The van der Waals surface area contributed by atoms with Gasteiger partial charge in [0, 0.05) is 17.7 Å². The van der Waals surface area contributed by atoms with Crippen LogP contribution in [0.4, 0.5) is 0 Å². The number of rotatable bonds is 3. The molecule has 0 unspecified atom stereocenters. The molecule has 0 fully saturated rings. The summed E-state index contributed by atoms with van der Waals surface area (Å²) in [7, 11) is 1.74. The molecule has 2 rings (SSSR count). The number of nitrogens with one attached hydrogen (secondary N) is 1. The van der Waals surface area contributed by atoms with Gasteiger partial charge in [-0.3, -0.25) is 9.48 Å². The number of hydrogen-bond acceptors (Lipinski definition) is 3. The molecule has 1 aromatic carbocycles. The van der Waals surface area contributed by atoms with E-state index in [2.05, 4.69) is 47.5 Å². The Labute approximate surface area is 127 Å². The molecule has 5 nitrogen and oxygen atoms in total. The van der Waals surface area contributed by atoms with Crippen molar-refractivity contribution in [2.75, 3.05) is 0 Å². The van der Waals surface area contributed by atoms with Gasteiger partial charge in [0.15, 0.2) is 5.69 Å². The summed E-state index contributed by atoms with van der Waals surface area (Å²) in [6.45, 7) is 0. The van der Waals surface area contributed by atoms with Crippen LogP contribution in [-0.4, -0.2) is 21.9 Å². The smallest absolute Gasteiger partial charge is 0.274 e. The lowest BCUT2D eigenvalue weighted by Gasteiger charge is -1.97. The molecule has 0 saturated carbocycles. The van der Waals surface area contributed by atoms with Gasteiger partial charge in [0.2, 0.25) is 0 Å². The summed E-state index contributed by atoms with van der Waals surface area (Å²) < 4.78 is 3.18. The molecular weight excluding hydrogens is 376 g/mol. The van der Waals surface area contributed by atoms with E-state index in [4.69, 9.17) is 0 Å². The lowest BCUT2D eigenvalue weighted by molar-refractivity contribution is 0.0948. The molecule has 0 aliphatic heterocycles. The molecule has 1 amide bonds. The van der Waals surface area contributed by atoms with Crippen molar-refractivity contribution in [3.05, 3.63) is 50.7 Å². The third-order valence-electron chi connectivity index (χ3n) is 2.25. The first-order valence-corrected chi connectivity index (χ1v) is 6.93. The maximum Gasteiger partial charge on any atom is 0.293 e. The van der Waals surface area contributed by atoms with E-state index in [1.807, 2.05) is 24.3 Å². The molecule has 0 saturated heterocycles. The summed E-state index contributed by atoms with van der Waals surface area (Å²) in [4.78, 5) is 11.8. The van der Waals surface area contributed by atoms with E-state index >= 15 is 0 Å². The van der Waals surface area contributed by atoms with Crippen LogP contribution in [0.3, 0.4) is 0 Å². The molecular formula is C12H10Br2N4O. The summed E-state index contributed by atoms with van der Waals surface area (Å²) in [6, 6.07) is 7.57. The quantitative estimate of drug-likeness (QED) is 0.652. The maximum atomic E-state index is 11.8. The Hall–Kier alpha value is -1.47. The number of nitrogens with zero attached hydrogens (tertiary/aromatic N) is 3. The molecule has 0 aliphatic rings. The van der Waals surface area contributed by atoms with Crippen molar-refractivity contribution in [1.29, 1.82) is 0 Å². The second-order valence-corrected chi connectivity index (χ2v) is 5.52.